The molecular formula is C20H25N5O2. The van der Waals surface area contributed by atoms with Crippen LogP contribution in [0.4, 0.5) is 11.6 Å². The smallest absolute Gasteiger partial charge is 0.225 e. The number of pyridine rings is 1. The molecule has 0 saturated carbocycles. The maximum absolute atomic E-state index is 12.8. The van der Waals surface area contributed by atoms with Crippen LogP contribution in [0.25, 0.3) is 0 Å². The fraction of sp³-hybridized carbons (Fsp3) is 0.500. The molecule has 7 heteroatoms. The number of anilines is 2. The Labute approximate surface area is 159 Å². The number of aromatic nitrogens is 3. The lowest BCUT2D eigenvalue weighted by atomic mass is 9.99. The molecule has 0 radical (unpaired) electrons. The summed E-state index contributed by atoms with van der Waals surface area (Å²) in [5.41, 5.74) is 0.910. The topological polar surface area (TPSA) is 80.2 Å². The molecule has 4 rings (SSSR count). The second kappa shape index (κ2) is 8.00. The van der Waals surface area contributed by atoms with Gasteiger partial charge in [-0.1, -0.05) is 6.07 Å². The second-order valence-corrected chi connectivity index (χ2v) is 7.25. The second-order valence-electron chi connectivity index (χ2n) is 7.25. The van der Waals surface area contributed by atoms with Crippen LogP contribution in [0.1, 0.15) is 36.7 Å². The highest BCUT2D eigenvalue weighted by molar-refractivity contribution is 5.79. The first-order valence-electron chi connectivity index (χ1n) is 9.59. The first-order valence-corrected chi connectivity index (χ1v) is 9.59. The number of carbonyl (C=O) groups excluding carboxylic acids is 1. The number of rotatable bonds is 4. The summed E-state index contributed by atoms with van der Waals surface area (Å²) in [4.78, 5) is 28.4. The van der Waals surface area contributed by atoms with E-state index in [2.05, 4.69) is 15.3 Å². The van der Waals surface area contributed by atoms with Gasteiger partial charge in [0.25, 0.3) is 0 Å². The summed E-state index contributed by atoms with van der Waals surface area (Å²) in [6, 6.07) is 7.63. The zero-order valence-electron chi connectivity index (χ0n) is 15.6. The minimum Gasteiger partial charge on any atom is -0.381 e. The van der Waals surface area contributed by atoms with Crippen LogP contribution in [-0.4, -0.2) is 52.1 Å². The lowest BCUT2D eigenvalue weighted by molar-refractivity contribution is -0.137. The Kier molecular flexibility index (Phi) is 5.29. The molecule has 0 spiro atoms. The number of hydrogen-bond donors (Lipinski definition) is 1. The fourth-order valence-corrected chi connectivity index (χ4v) is 3.78. The molecule has 2 fully saturated rings. The van der Waals surface area contributed by atoms with E-state index in [0.717, 1.165) is 49.0 Å². The number of hydrogen-bond acceptors (Lipinski definition) is 6. The molecule has 142 valence electrons. The molecule has 1 N–H and O–H groups in total. The van der Waals surface area contributed by atoms with Crippen LogP contribution in [0, 0.1) is 12.8 Å². The summed E-state index contributed by atoms with van der Waals surface area (Å²) < 4.78 is 5.38. The Bertz CT molecular complexity index is 792. The summed E-state index contributed by atoms with van der Waals surface area (Å²) in [7, 11) is 0. The van der Waals surface area contributed by atoms with Gasteiger partial charge in [-0.05, 0) is 38.3 Å². The number of nitrogens with one attached hydrogen (secondary N) is 1. The maximum Gasteiger partial charge on any atom is 0.225 e. The Hall–Kier alpha value is -2.54. The van der Waals surface area contributed by atoms with E-state index < -0.39 is 0 Å². The van der Waals surface area contributed by atoms with E-state index in [9.17, 15) is 4.79 Å². The molecule has 0 aliphatic carbocycles. The first kappa shape index (κ1) is 17.9. The van der Waals surface area contributed by atoms with Gasteiger partial charge in [0.15, 0.2) is 0 Å². The third-order valence-electron chi connectivity index (χ3n) is 5.23. The first-order chi connectivity index (χ1) is 13.2. The highest BCUT2D eigenvalue weighted by Gasteiger charge is 2.33. The summed E-state index contributed by atoms with van der Waals surface area (Å²) in [5, 5.41) is 3.24. The van der Waals surface area contributed by atoms with Gasteiger partial charge in [-0.25, -0.2) is 15.0 Å². The van der Waals surface area contributed by atoms with Crippen molar-refractivity contribution in [3.05, 3.63) is 42.0 Å². The van der Waals surface area contributed by atoms with Gasteiger partial charge in [-0.15, -0.1) is 0 Å². The van der Waals surface area contributed by atoms with E-state index in [1.54, 1.807) is 6.20 Å². The van der Waals surface area contributed by atoms with Gasteiger partial charge in [0.2, 0.25) is 5.91 Å². The van der Waals surface area contributed by atoms with E-state index in [1.807, 2.05) is 36.1 Å². The normalized spacial score (nSPS) is 20.6. The van der Waals surface area contributed by atoms with Crippen molar-refractivity contribution < 1.29 is 9.53 Å². The van der Waals surface area contributed by atoms with Gasteiger partial charge >= 0.3 is 0 Å². The predicted octanol–water partition coefficient (Wildman–Crippen LogP) is 2.67. The maximum atomic E-state index is 12.8. The Morgan fingerprint density at radius 1 is 1.19 bits per heavy atom. The molecule has 1 unspecified atom stereocenters. The molecule has 1 amide bonds. The van der Waals surface area contributed by atoms with Gasteiger partial charge < -0.3 is 15.0 Å². The van der Waals surface area contributed by atoms with Gasteiger partial charge in [0.1, 0.15) is 17.5 Å². The molecule has 27 heavy (non-hydrogen) atoms. The van der Waals surface area contributed by atoms with Crippen molar-refractivity contribution in [3.8, 4) is 0 Å². The highest BCUT2D eigenvalue weighted by Crippen LogP contribution is 2.29. The van der Waals surface area contributed by atoms with Crippen LogP contribution in [0.3, 0.4) is 0 Å². The molecule has 4 heterocycles. The minimum atomic E-state index is 0.109. The van der Waals surface area contributed by atoms with E-state index >= 15 is 0 Å². The van der Waals surface area contributed by atoms with Crippen molar-refractivity contribution in [2.75, 3.05) is 31.6 Å². The van der Waals surface area contributed by atoms with E-state index in [1.165, 1.54) is 0 Å². The molecule has 0 aromatic carbocycles. The third kappa shape index (κ3) is 4.24. The van der Waals surface area contributed by atoms with E-state index in [0.29, 0.717) is 19.8 Å². The zero-order valence-corrected chi connectivity index (χ0v) is 15.6. The van der Waals surface area contributed by atoms with Crippen LogP contribution in [-0.2, 0) is 9.53 Å². The van der Waals surface area contributed by atoms with Crippen LogP contribution in [0.2, 0.25) is 0 Å². The SMILES string of the molecule is Cc1cc(Nc2ccccn2)nc(C2CCN(C(=O)C3CCOCC3)C2)n1. The molecule has 0 bridgehead atoms. The Morgan fingerprint density at radius 3 is 2.81 bits per heavy atom. The summed E-state index contributed by atoms with van der Waals surface area (Å²) in [6.07, 6.45) is 4.31. The van der Waals surface area contributed by atoms with Gasteiger partial charge in [0, 0.05) is 56.1 Å². The average molecular weight is 367 g/mol. The number of carbonyl (C=O) groups is 1. The van der Waals surface area contributed by atoms with Crippen molar-refractivity contribution in [2.45, 2.75) is 32.1 Å². The quantitative estimate of drug-likeness (QED) is 0.895. The van der Waals surface area contributed by atoms with Crippen LogP contribution in [0.5, 0.6) is 0 Å². The minimum absolute atomic E-state index is 0.109. The summed E-state index contributed by atoms with van der Waals surface area (Å²) >= 11 is 0. The standard InChI is InChI=1S/C20H25N5O2/c1-14-12-18(23-17-4-2-3-8-21-17)24-19(22-14)16-5-9-25(13-16)20(26)15-6-10-27-11-7-15/h2-4,8,12,15-16H,5-7,9-11,13H2,1H3,(H,21,22,23,24). The van der Waals surface area contributed by atoms with Crippen molar-refractivity contribution in [2.24, 2.45) is 5.92 Å². The van der Waals surface area contributed by atoms with Gasteiger partial charge in [-0.3, -0.25) is 4.79 Å². The van der Waals surface area contributed by atoms with Crippen LogP contribution in [0.15, 0.2) is 30.5 Å². The van der Waals surface area contributed by atoms with E-state index in [4.69, 9.17) is 9.72 Å². The molecular weight excluding hydrogens is 342 g/mol. The molecule has 2 aromatic rings. The number of ether oxygens (including phenoxy) is 1. The Balaban J connectivity index is 1.45. The number of nitrogens with zero attached hydrogens (tertiary/aromatic N) is 4. The van der Waals surface area contributed by atoms with Crippen LogP contribution < -0.4 is 5.32 Å². The summed E-state index contributed by atoms with van der Waals surface area (Å²) in [6.45, 7) is 4.83. The van der Waals surface area contributed by atoms with Gasteiger partial charge in [-0.2, -0.15) is 0 Å². The lowest BCUT2D eigenvalue weighted by Gasteiger charge is -2.26. The predicted molar refractivity (Wildman–Crippen MR) is 102 cm³/mol. The molecule has 7 nitrogen and oxygen atoms in total. The Morgan fingerprint density at radius 2 is 2.04 bits per heavy atom. The molecule has 2 saturated heterocycles. The molecule has 1 atom stereocenters. The van der Waals surface area contributed by atoms with Gasteiger partial charge in [0.05, 0.1) is 0 Å². The molecule has 2 aromatic heterocycles. The number of likely N-dealkylation sites (tertiary alicyclic amines) is 1. The van der Waals surface area contributed by atoms with E-state index in [-0.39, 0.29) is 17.7 Å². The largest absolute Gasteiger partial charge is 0.381 e. The van der Waals surface area contributed by atoms with Crippen LogP contribution >= 0.6 is 0 Å². The molecule has 2 aliphatic rings. The highest BCUT2D eigenvalue weighted by atomic mass is 16.5. The lowest BCUT2D eigenvalue weighted by Crippen LogP contribution is -2.37. The number of amides is 1. The number of aryl methyl sites for hydroxylation is 1. The van der Waals surface area contributed by atoms with Crippen molar-refractivity contribution in [3.63, 3.8) is 0 Å². The monoisotopic (exact) mass is 367 g/mol. The average Bonchev–Trinajstić information content (AvgIpc) is 3.19. The summed E-state index contributed by atoms with van der Waals surface area (Å²) in [5.74, 6) is 2.85. The fourth-order valence-electron chi connectivity index (χ4n) is 3.78. The zero-order chi connectivity index (χ0) is 18.6. The van der Waals surface area contributed by atoms with Crippen molar-refractivity contribution in [1.29, 1.82) is 0 Å². The molecule has 2 aliphatic heterocycles. The van der Waals surface area contributed by atoms with Crippen molar-refractivity contribution >= 4 is 17.5 Å². The third-order valence-corrected chi connectivity index (χ3v) is 5.23. The van der Waals surface area contributed by atoms with Crippen molar-refractivity contribution in [1.82, 2.24) is 19.9 Å².